The monoisotopic (exact) mass is 214 g/mol. The maximum absolute atomic E-state index is 8.56. The molecule has 0 aromatic heterocycles. The zero-order valence-electron chi connectivity index (χ0n) is 3.81. The lowest BCUT2D eigenvalue weighted by Crippen LogP contribution is -1.81. The van der Waals surface area contributed by atoms with E-state index in [2.05, 4.69) is 0 Å². The van der Waals surface area contributed by atoms with Crippen LogP contribution in [0.5, 0.6) is 0 Å². The van der Waals surface area contributed by atoms with Gasteiger partial charge in [-0.2, -0.15) is 0 Å². The van der Waals surface area contributed by atoms with Crippen molar-refractivity contribution in [1.29, 1.82) is 0 Å². The van der Waals surface area contributed by atoms with Crippen molar-refractivity contribution in [3.8, 4) is 0 Å². The van der Waals surface area contributed by atoms with Gasteiger partial charge < -0.3 is 10.2 Å². The van der Waals surface area contributed by atoms with Gasteiger partial charge in [0.15, 0.2) is 0 Å². The Morgan fingerprint density at radius 1 is 1.11 bits per heavy atom. The van der Waals surface area contributed by atoms with Crippen LogP contribution in [0.3, 0.4) is 0 Å². The highest BCUT2D eigenvalue weighted by molar-refractivity contribution is 6.83. The van der Waals surface area contributed by atoms with Crippen molar-refractivity contribution in [1.82, 2.24) is 0 Å². The van der Waals surface area contributed by atoms with E-state index in [0.29, 0.717) is 0 Å². The molecule has 0 radical (unpaired) electrons. The van der Waals surface area contributed by atoms with Gasteiger partial charge in [0.25, 0.3) is 3.25 Å². The van der Waals surface area contributed by atoms with Gasteiger partial charge in [-0.15, -0.1) is 0 Å². The molecule has 0 atom stereocenters. The summed E-state index contributed by atoms with van der Waals surface area (Å²) in [5.74, 6) is 0. The van der Waals surface area contributed by atoms with Crippen molar-refractivity contribution in [2.24, 2.45) is 0 Å². The van der Waals surface area contributed by atoms with Gasteiger partial charge in [0, 0.05) is 0 Å². The molecule has 2 N–H and O–H groups in total. The second-order valence-electron chi connectivity index (χ2n) is 0.711. The molecule has 0 aliphatic rings. The van der Waals surface area contributed by atoms with Crippen LogP contribution in [-0.4, -0.2) is 19.6 Å². The summed E-state index contributed by atoms with van der Waals surface area (Å²) in [5.41, 5.74) is 0. The zero-order chi connectivity index (χ0) is 8.08. The lowest BCUT2D eigenvalue weighted by atomic mass is 11.5. The number of carboxylic acid groups (broad SMARTS) is 2. The maximum atomic E-state index is 8.56. The van der Waals surface area contributed by atoms with E-state index in [9.17, 15) is 0 Å². The average molecular weight is 216 g/mol. The summed E-state index contributed by atoms with van der Waals surface area (Å²) in [7, 11) is 0. The van der Waals surface area contributed by atoms with Crippen molar-refractivity contribution in [2.45, 2.75) is 3.25 Å². The van der Waals surface area contributed by atoms with Crippen molar-refractivity contribution >= 4 is 52.6 Å². The molecule has 0 aromatic rings. The minimum absolute atomic E-state index is 1.61. The van der Waals surface area contributed by atoms with Gasteiger partial charge in [-0.3, -0.25) is 0 Å². The van der Waals surface area contributed by atoms with Crippen molar-refractivity contribution < 1.29 is 15.0 Å². The molecule has 0 saturated carbocycles. The molecule has 0 amide bonds. The quantitative estimate of drug-likeness (QED) is 0.611. The van der Waals surface area contributed by atoms with Crippen LogP contribution in [0, 0.1) is 0 Å². The van der Waals surface area contributed by atoms with E-state index in [1.54, 1.807) is 0 Å². The van der Waals surface area contributed by atoms with Gasteiger partial charge in [-0.25, -0.2) is 4.79 Å². The number of halogens is 4. The Bertz CT molecular complexity index is 76.3. The third-order valence-corrected chi connectivity index (χ3v) is 0. The van der Waals surface area contributed by atoms with Gasteiger partial charge in [-0.05, 0) is 0 Å². The third kappa shape index (κ3) is 1890. The second-order valence-corrected chi connectivity index (χ2v) is 4.14. The van der Waals surface area contributed by atoms with E-state index < -0.39 is 9.41 Å². The van der Waals surface area contributed by atoms with Gasteiger partial charge in [0.05, 0.1) is 0 Å². The maximum Gasteiger partial charge on any atom is 0.503 e. The predicted molar refractivity (Wildman–Crippen MR) is 36.8 cm³/mol. The molecule has 0 unspecified atom stereocenters. The SMILES string of the molecule is ClC(Cl)(Cl)Cl.O=C(O)O. The molecule has 0 fully saturated rings. The molecular formula is C2H2Cl4O3. The fraction of sp³-hybridized carbons (Fsp3) is 0.500. The Balaban J connectivity index is 0. The fourth-order valence-electron chi connectivity index (χ4n) is 0. The summed E-state index contributed by atoms with van der Waals surface area (Å²) >= 11 is 19.3. The minimum Gasteiger partial charge on any atom is -0.450 e. The summed E-state index contributed by atoms with van der Waals surface area (Å²) in [5, 5.41) is 13.9. The number of alkyl halides is 4. The van der Waals surface area contributed by atoms with E-state index in [-0.39, 0.29) is 0 Å². The van der Waals surface area contributed by atoms with Crippen molar-refractivity contribution in [2.75, 3.05) is 0 Å². The zero-order valence-corrected chi connectivity index (χ0v) is 6.84. The first kappa shape index (κ1) is 12.1. The van der Waals surface area contributed by atoms with Gasteiger partial charge in [0.1, 0.15) is 0 Å². The molecule has 3 nitrogen and oxygen atoms in total. The van der Waals surface area contributed by atoms with E-state index in [1.807, 2.05) is 0 Å². The molecule has 56 valence electrons. The van der Waals surface area contributed by atoms with Crippen molar-refractivity contribution in [3.05, 3.63) is 0 Å². The summed E-state index contributed by atoms with van der Waals surface area (Å²) < 4.78 is -1.61. The highest BCUT2D eigenvalue weighted by atomic mass is 35.6. The summed E-state index contributed by atoms with van der Waals surface area (Å²) in [6.07, 6.45) is -1.83. The molecule has 0 spiro atoms. The summed E-state index contributed by atoms with van der Waals surface area (Å²) in [4.78, 5) is 8.56. The molecule has 0 rings (SSSR count). The van der Waals surface area contributed by atoms with E-state index in [0.717, 1.165) is 0 Å². The first-order valence-electron chi connectivity index (χ1n) is 1.41. The molecule has 9 heavy (non-hydrogen) atoms. The van der Waals surface area contributed by atoms with Crippen LogP contribution in [0.1, 0.15) is 0 Å². The second kappa shape index (κ2) is 5.23. The highest BCUT2D eigenvalue weighted by Crippen LogP contribution is 2.29. The molecule has 0 aliphatic heterocycles. The normalized spacial score (nSPS) is 9.33. The Morgan fingerprint density at radius 3 is 1.11 bits per heavy atom. The third-order valence-electron chi connectivity index (χ3n) is 0. The number of hydrogen-bond donors (Lipinski definition) is 2. The van der Waals surface area contributed by atoms with Gasteiger partial charge in [-0.1, -0.05) is 46.4 Å². The smallest absolute Gasteiger partial charge is 0.450 e. The number of hydrogen-bond acceptors (Lipinski definition) is 1. The Kier molecular flexibility index (Phi) is 7.06. The molecule has 0 aromatic carbocycles. The van der Waals surface area contributed by atoms with Gasteiger partial charge in [0.2, 0.25) is 0 Å². The van der Waals surface area contributed by atoms with Crippen LogP contribution in [0.4, 0.5) is 4.79 Å². The van der Waals surface area contributed by atoms with E-state index in [4.69, 9.17) is 61.4 Å². The molecule has 0 bridgehead atoms. The Hall–Kier alpha value is 0.430. The lowest BCUT2D eigenvalue weighted by molar-refractivity contribution is 0.137. The summed E-state index contributed by atoms with van der Waals surface area (Å²) in [6, 6.07) is 0. The molecule has 7 heteroatoms. The average Bonchev–Trinajstić information content (AvgIpc) is 1.19. The topological polar surface area (TPSA) is 57.5 Å². The first-order valence-corrected chi connectivity index (χ1v) is 2.92. The number of carbonyl (C=O) groups is 1. The van der Waals surface area contributed by atoms with Crippen molar-refractivity contribution in [3.63, 3.8) is 0 Å². The van der Waals surface area contributed by atoms with Crippen LogP contribution in [0.2, 0.25) is 0 Å². The van der Waals surface area contributed by atoms with Crippen LogP contribution in [0.25, 0.3) is 0 Å². The first-order chi connectivity index (χ1) is 3.73. The highest BCUT2D eigenvalue weighted by Gasteiger charge is 2.11. The van der Waals surface area contributed by atoms with Crippen LogP contribution < -0.4 is 0 Å². The van der Waals surface area contributed by atoms with Crippen LogP contribution in [-0.2, 0) is 0 Å². The summed E-state index contributed by atoms with van der Waals surface area (Å²) in [6.45, 7) is 0. The largest absolute Gasteiger partial charge is 0.503 e. The molecular weight excluding hydrogens is 214 g/mol. The Morgan fingerprint density at radius 2 is 1.11 bits per heavy atom. The van der Waals surface area contributed by atoms with Gasteiger partial charge >= 0.3 is 6.16 Å². The fourth-order valence-corrected chi connectivity index (χ4v) is 0. The molecule has 0 heterocycles. The standard InChI is InChI=1S/CCl4.CH2O3/c2-1(3,4)5;2-1(3)4/h;(H2,2,3,4). The Labute approximate surface area is 71.1 Å². The van der Waals surface area contributed by atoms with Crippen LogP contribution in [0.15, 0.2) is 0 Å². The van der Waals surface area contributed by atoms with E-state index >= 15 is 0 Å². The van der Waals surface area contributed by atoms with E-state index in [1.165, 1.54) is 0 Å². The molecule has 0 aliphatic carbocycles. The lowest BCUT2D eigenvalue weighted by Gasteiger charge is -1.91. The molecule has 0 saturated heterocycles. The number of rotatable bonds is 0. The predicted octanol–water partition coefficient (Wildman–Crippen LogP) is 2.78. The minimum atomic E-state index is -1.83. The van der Waals surface area contributed by atoms with Crippen LogP contribution >= 0.6 is 46.4 Å².